The van der Waals surface area contributed by atoms with E-state index < -0.39 is 0 Å². The van der Waals surface area contributed by atoms with Crippen molar-refractivity contribution in [1.29, 1.82) is 0 Å². The van der Waals surface area contributed by atoms with Crippen LogP contribution in [0.15, 0.2) is 24.3 Å². The van der Waals surface area contributed by atoms with Gasteiger partial charge in [-0.05, 0) is 63.4 Å². The summed E-state index contributed by atoms with van der Waals surface area (Å²) in [5.41, 5.74) is 1.79. The highest BCUT2D eigenvalue weighted by atomic mass is 35.5. The molecule has 1 saturated carbocycles. The molecule has 1 unspecified atom stereocenters. The molecule has 1 aliphatic carbocycles. The summed E-state index contributed by atoms with van der Waals surface area (Å²) in [5.74, 6) is 0.503. The number of halogens is 2. The molecular weight excluding hydrogens is 361 g/mol. The van der Waals surface area contributed by atoms with Crippen LogP contribution in [0.2, 0.25) is 0 Å². The van der Waals surface area contributed by atoms with Crippen molar-refractivity contribution < 1.29 is 9.18 Å². The number of nitrogens with one attached hydrogen (secondary N) is 2. The minimum atomic E-state index is -0.258. The number of hydrogen-bond donors (Lipinski definition) is 2. The molecule has 1 atom stereocenters. The van der Waals surface area contributed by atoms with Crippen LogP contribution >= 0.6 is 23.7 Å². The van der Waals surface area contributed by atoms with E-state index in [-0.39, 0.29) is 30.2 Å². The molecule has 0 saturated heterocycles. The molecule has 3 rings (SSSR count). The van der Waals surface area contributed by atoms with Gasteiger partial charge in [-0.2, -0.15) is 0 Å². The SMILES string of the molecule is Cc1nc(-c2ccc(F)cc2)sc1C(C)NC(=O)CNCC1CC1.Cl. The number of carbonyl (C=O) groups is 1. The second kappa shape index (κ2) is 8.74. The summed E-state index contributed by atoms with van der Waals surface area (Å²) in [4.78, 5) is 17.6. The fraction of sp³-hybridized carbons (Fsp3) is 0.444. The Balaban J connectivity index is 0.00000225. The largest absolute Gasteiger partial charge is 0.348 e. The van der Waals surface area contributed by atoms with Crippen LogP contribution in [0.25, 0.3) is 10.6 Å². The Morgan fingerprint density at radius 3 is 2.68 bits per heavy atom. The van der Waals surface area contributed by atoms with Gasteiger partial charge in [0, 0.05) is 5.56 Å². The molecule has 2 N–H and O–H groups in total. The van der Waals surface area contributed by atoms with Gasteiger partial charge in [0.05, 0.1) is 23.2 Å². The van der Waals surface area contributed by atoms with E-state index in [1.54, 1.807) is 12.1 Å². The van der Waals surface area contributed by atoms with Crippen molar-refractivity contribution >= 4 is 29.7 Å². The van der Waals surface area contributed by atoms with Crippen molar-refractivity contribution in [2.24, 2.45) is 5.92 Å². The van der Waals surface area contributed by atoms with E-state index in [1.165, 1.54) is 36.3 Å². The van der Waals surface area contributed by atoms with Gasteiger partial charge in [0.2, 0.25) is 5.91 Å². The Hall–Kier alpha value is -1.50. The van der Waals surface area contributed by atoms with Crippen molar-refractivity contribution in [3.63, 3.8) is 0 Å². The van der Waals surface area contributed by atoms with Crippen LogP contribution < -0.4 is 10.6 Å². The van der Waals surface area contributed by atoms with Crippen molar-refractivity contribution in [2.45, 2.75) is 32.7 Å². The number of nitrogens with zero attached hydrogens (tertiary/aromatic N) is 1. The Morgan fingerprint density at radius 1 is 1.36 bits per heavy atom. The van der Waals surface area contributed by atoms with E-state index in [1.807, 2.05) is 13.8 Å². The molecule has 0 bridgehead atoms. The highest BCUT2D eigenvalue weighted by Gasteiger charge is 2.21. The summed E-state index contributed by atoms with van der Waals surface area (Å²) in [6.07, 6.45) is 2.55. The number of hydrogen-bond acceptors (Lipinski definition) is 4. The lowest BCUT2D eigenvalue weighted by Crippen LogP contribution is -2.36. The molecule has 1 heterocycles. The van der Waals surface area contributed by atoms with Gasteiger partial charge in [-0.15, -0.1) is 23.7 Å². The summed E-state index contributed by atoms with van der Waals surface area (Å²) in [5, 5.41) is 7.05. The van der Waals surface area contributed by atoms with Crippen molar-refractivity contribution in [3.8, 4) is 10.6 Å². The van der Waals surface area contributed by atoms with Crippen LogP contribution in [0.3, 0.4) is 0 Å². The highest BCUT2D eigenvalue weighted by molar-refractivity contribution is 7.15. The highest BCUT2D eigenvalue weighted by Crippen LogP contribution is 2.31. The standard InChI is InChI=1S/C18H22FN3OS.ClH/c1-11(21-16(23)10-20-9-13-3-4-13)17-12(2)22-18(24-17)14-5-7-15(19)8-6-14;/h5-8,11,13,20H,3-4,9-10H2,1-2H3,(H,21,23);1H. The van der Waals surface area contributed by atoms with E-state index in [0.717, 1.165) is 33.6 Å². The van der Waals surface area contributed by atoms with Gasteiger partial charge in [0.1, 0.15) is 10.8 Å². The molecule has 1 aromatic carbocycles. The fourth-order valence-corrected chi connectivity index (χ4v) is 3.67. The van der Waals surface area contributed by atoms with Crippen LogP contribution in [0.4, 0.5) is 4.39 Å². The van der Waals surface area contributed by atoms with Gasteiger partial charge in [-0.1, -0.05) is 0 Å². The molecule has 1 aliphatic rings. The van der Waals surface area contributed by atoms with E-state index in [9.17, 15) is 9.18 Å². The summed E-state index contributed by atoms with van der Waals surface area (Å²) in [6, 6.07) is 6.22. The number of benzene rings is 1. The van der Waals surface area contributed by atoms with Gasteiger partial charge in [-0.25, -0.2) is 9.37 Å². The summed E-state index contributed by atoms with van der Waals surface area (Å²) < 4.78 is 13.0. The van der Waals surface area contributed by atoms with E-state index >= 15 is 0 Å². The quantitative estimate of drug-likeness (QED) is 0.763. The number of aryl methyl sites for hydroxylation is 1. The first-order valence-electron chi connectivity index (χ1n) is 8.26. The van der Waals surface area contributed by atoms with E-state index in [4.69, 9.17) is 0 Å². The summed E-state index contributed by atoms with van der Waals surface area (Å²) in [6.45, 7) is 5.18. The average molecular weight is 384 g/mol. The van der Waals surface area contributed by atoms with Crippen LogP contribution in [0.1, 0.15) is 36.4 Å². The Kier molecular flexibility index (Phi) is 6.93. The molecule has 136 valence electrons. The zero-order valence-corrected chi connectivity index (χ0v) is 16.0. The van der Waals surface area contributed by atoms with Crippen LogP contribution in [-0.4, -0.2) is 24.0 Å². The van der Waals surface area contributed by atoms with Gasteiger partial charge in [-0.3, -0.25) is 4.79 Å². The monoisotopic (exact) mass is 383 g/mol. The molecule has 25 heavy (non-hydrogen) atoms. The predicted molar refractivity (Wildman–Crippen MR) is 102 cm³/mol. The van der Waals surface area contributed by atoms with Crippen LogP contribution in [0, 0.1) is 18.7 Å². The third kappa shape index (κ3) is 5.49. The molecular formula is C18H23ClFN3OS. The molecule has 1 amide bonds. The van der Waals surface area contributed by atoms with Crippen molar-refractivity contribution in [2.75, 3.05) is 13.1 Å². The Morgan fingerprint density at radius 2 is 2.04 bits per heavy atom. The van der Waals surface area contributed by atoms with Gasteiger partial charge in [0.25, 0.3) is 0 Å². The minimum absolute atomic E-state index is 0. The van der Waals surface area contributed by atoms with Gasteiger partial charge < -0.3 is 10.6 Å². The third-order valence-corrected chi connectivity index (χ3v) is 5.50. The smallest absolute Gasteiger partial charge is 0.234 e. The first kappa shape index (κ1) is 19.8. The maximum Gasteiger partial charge on any atom is 0.234 e. The van der Waals surface area contributed by atoms with Crippen LogP contribution in [-0.2, 0) is 4.79 Å². The molecule has 0 radical (unpaired) electrons. The van der Waals surface area contributed by atoms with Crippen molar-refractivity contribution in [3.05, 3.63) is 40.7 Å². The zero-order valence-electron chi connectivity index (χ0n) is 14.3. The molecule has 0 spiro atoms. The second-order valence-electron chi connectivity index (χ2n) is 6.34. The number of amides is 1. The molecule has 1 aromatic heterocycles. The topological polar surface area (TPSA) is 54.0 Å². The number of carbonyl (C=O) groups excluding carboxylic acids is 1. The number of thiazole rings is 1. The maximum absolute atomic E-state index is 13.0. The van der Waals surface area contributed by atoms with Gasteiger partial charge >= 0.3 is 0 Å². The Bertz CT molecular complexity index is 716. The van der Waals surface area contributed by atoms with Crippen molar-refractivity contribution in [1.82, 2.24) is 15.6 Å². The molecule has 2 aromatic rings. The second-order valence-corrected chi connectivity index (χ2v) is 7.37. The molecule has 1 fully saturated rings. The van der Waals surface area contributed by atoms with E-state index in [0.29, 0.717) is 6.54 Å². The lowest BCUT2D eigenvalue weighted by atomic mass is 10.2. The van der Waals surface area contributed by atoms with Gasteiger partial charge in [0.15, 0.2) is 0 Å². The lowest BCUT2D eigenvalue weighted by molar-refractivity contribution is -0.120. The molecule has 7 heteroatoms. The Labute approximate surface area is 157 Å². The fourth-order valence-electron chi connectivity index (χ4n) is 2.60. The number of aromatic nitrogens is 1. The third-order valence-electron chi connectivity index (χ3n) is 4.11. The van der Waals surface area contributed by atoms with Crippen LogP contribution in [0.5, 0.6) is 0 Å². The summed E-state index contributed by atoms with van der Waals surface area (Å²) >= 11 is 1.54. The average Bonchev–Trinajstić information content (AvgIpc) is 3.28. The first-order chi connectivity index (χ1) is 11.5. The normalized spacial score (nSPS) is 14.7. The minimum Gasteiger partial charge on any atom is -0.348 e. The maximum atomic E-state index is 13.0. The zero-order chi connectivity index (χ0) is 17.1. The summed E-state index contributed by atoms with van der Waals surface area (Å²) in [7, 11) is 0. The van der Waals surface area contributed by atoms with E-state index in [2.05, 4.69) is 15.6 Å². The molecule has 4 nitrogen and oxygen atoms in total. The number of rotatable bonds is 7. The first-order valence-corrected chi connectivity index (χ1v) is 9.08. The lowest BCUT2D eigenvalue weighted by Gasteiger charge is -2.13. The molecule has 0 aliphatic heterocycles. The predicted octanol–water partition coefficient (Wildman–Crippen LogP) is 3.86.